The van der Waals surface area contributed by atoms with Gasteiger partial charge in [0.15, 0.2) is 4.90 Å². The van der Waals surface area contributed by atoms with Crippen LogP contribution in [0.2, 0.25) is 0 Å². The molecule has 0 saturated carbocycles. The van der Waals surface area contributed by atoms with E-state index in [0.717, 1.165) is 6.07 Å². The summed E-state index contributed by atoms with van der Waals surface area (Å²) in [6.45, 7) is -0.925. The summed E-state index contributed by atoms with van der Waals surface area (Å²) >= 11 is 0. The van der Waals surface area contributed by atoms with Crippen LogP contribution in [0.5, 0.6) is 0 Å². The summed E-state index contributed by atoms with van der Waals surface area (Å²) in [5, 5.41) is 10.8. The number of nitrogens with two attached hydrogens (primary N) is 1. The van der Waals surface area contributed by atoms with Gasteiger partial charge in [0, 0.05) is 6.07 Å². The van der Waals surface area contributed by atoms with Gasteiger partial charge < -0.3 is 5.73 Å². The molecule has 0 atom stereocenters. The third-order valence-corrected chi connectivity index (χ3v) is 4.07. The van der Waals surface area contributed by atoms with Crippen LogP contribution >= 0.6 is 0 Å². The first kappa shape index (κ1) is 16.4. The molecule has 0 bridgehead atoms. The fourth-order valence-electron chi connectivity index (χ4n) is 1.48. The lowest BCUT2D eigenvalue weighted by Gasteiger charge is -2.15. The van der Waals surface area contributed by atoms with Crippen LogP contribution in [0.15, 0.2) is 23.1 Å². The van der Waals surface area contributed by atoms with Gasteiger partial charge in [0.2, 0.25) is 10.0 Å². The van der Waals surface area contributed by atoms with Gasteiger partial charge in [-0.1, -0.05) is 12.1 Å². The Hall–Kier alpha value is -1.65. The van der Waals surface area contributed by atoms with Crippen molar-refractivity contribution in [1.29, 1.82) is 0 Å². The molecule has 112 valence electrons. The Labute approximate surface area is 114 Å². The van der Waals surface area contributed by atoms with Gasteiger partial charge in [-0.25, -0.2) is 21.9 Å². The van der Waals surface area contributed by atoms with Crippen LogP contribution in [0.3, 0.4) is 0 Å². The number of hydrogen-bond acceptors (Lipinski definition) is 5. The quantitative estimate of drug-likeness (QED) is 0.595. The highest BCUT2D eigenvalue weighted by atomic mass is 32.2. The van der Waals surface area contributed by atoms with E-state index in [9.17, 15) is 27.3 Å². The van der Waals surface area contributed by atoms with E-state index in [0.29, 0.717) is 0 Å². The lowest BCUT2D eigenvalue weighted by molar-refractivity contribution is -0.387. The Bertz CT molecular complexity index is 619. The third kappa shape index (κ3) is 3.68. The molecular formula is C10H13F2N3O4S. The molecule has 0 unspecified atom stereocenters. The molecular weight excluding hydrogens is 296 g/mol. The van der Waals surface area contributed by atoms with Gasteiger partial charge >= 0.3 is 0 Å². The lowest BCUT2D eigenvalue weighted by Crippen LogP contribution is -2.41. The third-order valence-electron chi connectivity index (χ3n) is 2.48. The standard InChI is InChI=1S/C10H13F2N3O4S/c1-7-3-2-4-8(15(16)17)9(7)20(18,19)14-6-10(11,12)5-13/h2-4,14H,5-6,13H2,1H3. The summed E-state index contributed by atoms with van der Waals surface area (Å²) in [6.07, 6.45) is 0. The Morgan fingerprint density at radius 3 is 2.55 bits per heavy atom. The number of nitrogens with zero attached hydrogens (tertiary/aromatic N) is 1. The van der Waals surface area contributed by atoms with Crippen molar-refractivity contribution in [3.05, 3.63) is 33.9 Å². The molecule has 0 aliphatic heterocycles. The molecule has 20 heavy (non-hydrogen) atoms. The summed E-state index contributed by atoms with van der Waals surface area (Å²) in [6, 6.07) is 3.63. The first-order valence-electron chi connectivity index (χ1n) is 5.42. The molecule has 1 aromatic rings. The number of aryl methyl sites for hydroxylation is 1. The van der Waals surface area contributed by atoms with Crippen molar-refractivity contribution in [2.24, 2.45) is 5.73 Å². The second-order valence-corrected chi connectivity index (χ2v) is 5.77. The van der Waals surface area contributed by atoms with Gasteiger partial charge in [0.25, 0.3) is 11.6 Å². The molecule has 0 radical (unpaired) electrons. The summed E-state index contributed by atoms with van der Waals surface area (Å²) in [5.41, 5.74) is 4.20. The number of alkyl halides is 2. The van der Waals surface area contributed by atoms with Crippen LogP contribution < -0.4 is 10.5 Å². The topological polar surface area (TPSA) is 115 Å². The van der Waals surface area contributed by atoms with Crippen molar-refractivity contribution in [3.63, 3.8) is 0 Å². The maximum Gasteiger partial charge on any atom is 0.289 e. The van der Waals surface area contributed by atoms with E-state index in [1.807, 2.05) is 0 Å². The molecule has 0 aliphatic rings. The molecule has 0 amide bonds. The minimum atomic E-state index is -4.44. The van der Waals surface area contributed by atoms with Crippen LogP contribution in [0.25, 0.3) is 0 Å². The predicted octanol–water partition coefficient (Wildman–Crippen LogP) is 0.776. The van der Waals surface area contributed by atoms with Crippen LogP contribution in [0.4, 0.5) is 14.5 Å². The maximum atomic E-state index is 13.0. The summed E-state index contributed by atoms with van der Waals surface area (Å²) < 4.78 is 51.5. The summed E-state index contributed by atoms with van der Waals surface area (Å²) in [7, 11) is -4.44. The van der Waals surface area contributed by atoms with E-state index in [4.69, 9.17) is 5.73 Å². The van der Waals surface area contributed by atoms with E-state index in [1.165, 1.54) is 19.1 Å². The first-order chi connectivity index (χ1) is 9.10. The number of halogens is 2. The SMILES string of the molecule is Cc1cccc([N+](=O)[O-])c1S(=O)(=O)NCC(F)(F)CN. The zero-order valence-corrected chi connectivity index (χ0v) is 11.3. The highest BCUT2D eigenvalue weighted by Crippen LogP contribution is 2.27. The van der Waals surface area contributed by atoms with Gasteiger partial charge in [0.05, 0.1) is 18.0 Å². The number of nitro benzene ring substituents is 1. The average molecular weight is 309 g/mol. The van der Waals surface area contributed by atoms with Crippen molar-refractivity contribution >= 4 is 15.7 Å². The monoisotopic (exact) mass is 309 g/mol. The Morgan fingerprint density at radius 2 is 2.05 bits per heavy atom. The fraction of sp³-hybridized carbons (Fsp3) is 0.400. The van der Waals surface area contributed by atoms with Crippen molar-refractivity contribution in [1.82, 2.24) is 4.72 Å². The second-order valence-electron chi connectivity index (χ2n) is 4.06. The lowest BCUT2D eigenvalue weighted by atomic mass is 10.2. The number of nitrogens with one attached hydrogen (secondary N) is 1. The van der Waals surface area contributed by atoms with E-state index in [2.05, 4.69) is 0 Å². The number of benzene rings is 1. The van der Waals surface area contributed by atoms with Gasteiger partial charge in [-0.15, -0.1) is 0 Å². The molecule has 0 saturated heterocycles. The fourth-order valence-corrected chi connectivity index (χ4v) is 2.93. The average Bonchev–Trinajstić information content (AvgIpc) is 2.36. The molecule has 1 rings (SSSR count). The number of nitro groups is 1. The Kier molecular flexibility index (Phi) is 4.73. The molecule has 7 nitrogen and oxygen atoms in total. The number of sulfonamides is 1. The van der Waals surface area contributed by atoms with E-state index in [1.54, 1.807) is 4.72 Å². The molecule has 0 aliphatic carbocycles. The molecule has 3 N–H and O–H groups in total. The molecule has 10 heteroatoms. The number of hydrogen-bond donors (Lipinski definition) is 2. The smallest absolute Gasteiger partial charge is 0.289 e. The molecule has 0 fully saturated rings. The molecule has 0 aromatic heterocycles. The van der Waals surface area contributed by atoms with Crippen molar-refractivity contribution < 1.29 is 22.1 Å². The minimum Gasteiger partial charge on any atom is -0.325 e. The zero-order chi connectivity index (χ0) is 15.6. The second kappa shape index (κ2) is 5.77. The van der Waals surface area contributed by atoms with Crippen molar-refractivity contribution in [2.45, 2.75) is 17.7 Å². The van der Waals surface area contributed by atoms with Gasteiger partial charge in [0.1, 0.15) is 0 Å². The van der Waals surface area contributed by atoms with E-state index < -0.39 is 44.5 Å². The van der Waals surface area contributed by atoms with Crippen LogP contribution in [0, 0.1) is 17.0 Å². The number of rotatable bonds is 6. The van der Waals surface area contributed by atoms with Gasteiger partial charge in [-0.05, 0) is 12.5 Å². The van der Waals surface area contributed by atoms with Crippen molar-refractivity contribution in [3.8, 4) is 0 Å². The van der Waals surface area contributed by atoms with Crippen LogP contribution in [-0.4, -0.2) is 32.4 Å². The van der Waals surface area contributed by atoms with Gasteiger partial charge in [-0.2, -0.15) is 0 Å². The molecule has 0 spiro atoms. The van der Waals surface area contributed by atoms with Crippen LogP contribution in [-0.2, 0) is 10.0 Å². The van der Waals surface area contributed by atoms with Crippen molar-refractivity contribution in [2.75, 3.05) is 13.1 Å². The Morgan fingerprint density at radius 1 is 1.45 bits per heavy atom. The highest BCUT2D eigenvalue weighted by molar-refractivity contribution is 7.89. The molecule has 0 heterocycles. The van der Waals surface area contributed by atoms with E-state index in [-0.39, 0.29) is 5.56 Å². The summed E-state index contributed by atoms with van der Waals surface area (Å²) in [4.78, 5) is 9.31. The first-order valence-corrected chi connectivity index (χ1v) is 6.90. The highest BCUT2D eigenvalue weighted by Gasteiger charge is 2.33. The maximum absolute atomic E-state index is 13.0. The normalized spacial score (nSPS) is 12.4. The molecule has 1 aromatic carbocycles. The Balaban J connectivity index is 3.20. The van der Waals surface area contributed by atoms with E-state index >= 15 is 0 Å². The zero-order valence-electron chi connectivity index (χ0n) is 10.5. The summed E-state index contributed by atoms with van der Waals surface area (Å²) in [5.74, 6) is -3.43. The van der Waals surface area contributed by atoms with Gasteiger partial charge in [-0.3, -0.25) is 10.1 Å². The minimum absolute atomic E-state index is 0.0859. The predicted molar refractivity (Wildman–Crippen MR) is 67.0 cm³/mol. The largest absolute Gasteiger partial charge is 0.325 e. The van der Waals surface area contributed by atoms with Crippen LogP contribution in [0.1, 0.15) is 5.56 Å².